The number of anilines is 1. The summed E-state index contributed by atoms with van der Waals surface area (Å²) in [4.78, 5) is 25.0. The minimum absolute atomic E-state index is 0.0205. The molecule has 5 nitrogen and oxygen atoms in total. The van der Waals surface area contributed by atoms with E-state index in [2.05, 4.69) is 5.32 Å². The molecule has 1 aliphatic heterocycles. The van der Waals surface area contributed by atoms with E-state index in [1.54, 1.807) is 18.9 Å². The van der Waals surface area contributed by atoms with Gasteiger partial charge in [-0.1, -0.05) is 18.2 Å². The molecule has 0 spiro atoms. The number of carbonyl (C=O) groups excluding carboxylic acids is 2. The van der Waals surface area contributed by atoms with Gasteiger partial charge in [0.15, 0.2) is 0 Å². The number of para-hydroxylation sites is 1. The van der Waals surface area contributed by atoms with Crippen LogP contribution >= 0.6 is 0 Å². The molecule has 2 rings (SSSR count). The molecule has 1 aromatic carbocycles. The van der Waals surface area contributed by atoms with E-state index in [1.165, 1.54) is 0 Å². The number of carbonyl (C=O) groups is 2. The van der Waals surface area contributed by atoms with Gasteiger partial charge in [0.25, 0.3) is 0 Å². The fourth-order valence-corrected chi connectivity index (χ4v) is 2.57. The average molecular weight is 290 g/mol. The van der Waals surface area contributed by atoms with Gasteiger partial charge in [-0.2, -0.15) is 0 Å². The SMILES string of the molecule is CCOC(=O)CCCNC1CC(=O)N(C)c2ccccc21. The molecule has 1 atom stereocenters. The van der Waals surface area contributed by atoms with Gasteiger partial charge in [-0.05, 0) is 31.5 Å². The molecule has 1 aromatic rings. The molecular weight excluding hydrogens is 268 g/mol. The summed E-state index contributed by atoms with van der Waals surface area (Å²) in [6, 6.07) is 7.94. The number of esters is 1. The number of nitrogens with zero attached hydrogens (tertiary/aromatic N) is 1. The Kier molecular flexibility index (Phi) is 5.33. The maximum absolute atomic E-state index is 12.0. The first kappa shape index (κ1) is 15.5. The van der Waals surface area contributed by atoms with Crippen LogP contribution in [0.2, 0.25) is 0 Å². The highest BCUT2D eigenvalue weighted by molar-refractivity contribution is 5.96. The van der Waals surface area contributed by atoms with Crippen molar-refractivity contribution in [1.82, 2.24) is 5.32 Å². The molecule has 0 bridgehead atoms. The van der Waals surface area contributed by atoms with E-state index in [0.29, 0.717) is 32.4 Å². The van der Waals surface area contributed by atoms with E-state index < -0.39 is 0 Å². The van der Waals surface area contributed by atoms with Crippen LogP contribution < -0.4 is 10.2 Å². The summed E-state index contributed by atoms with van der Waals surface area (Å²) in [5.74, 6) is -0.0595. The number of hydrogen-bond acceptors (Lipinski definition) is 4. The van der Waals surface area contributed by atoms with Crippen LogP contribution in [0.25, 0.3) is 0 Å². The summed E-state index contributed by atoms with van der Waals surface area (Å²) in [7, 11) is 1.80. The standard InChI is InChI=1S/C16H22N2O3/c1-3-21-16(20)9-6-10-17-13-11-15(19)18(2)14-8-5-4-7-12(13)14/h4-5,7-8,13,17H,3,6,9-11H2,1-2H3. The molecule has 0 saturated carbocycles. The number of benzene rings is 1. The highest BCUT2D eigenvalue weighted by Crippen LogP contribution is 2.33. The van der Waals surface area contributed by atoms with E-state index in [-0.39, 0.29) is 17.9 Å². The van der Waals surface area contributed by atoms with Crippen LogP contribution in [0, 0.1) is 0 Å². The van der Waals surface area contributed by atoms with Gasteiger partial charge < -0.3 is 15.0 Å². The zero-order valence-corrected chi connectivity index (χ0v) is 12.6. The Labute approximate surface area is 125 Å². The molecule has 0 aromatic heterocycles. The molecular formula is C16H22N2O3. The fraction of sp³-hybridized carbons (Fsp3) is 0.500. The van der Waals surface area contributed by atoms with E-state index in [1.807, 2.05) is 24.3 Å². The van der Waals surface area contributed by atoms with Gasteiger partial charge in [-0.3, -0.25) is 9.59 Å². The number of nitrogens with one attached hydrogen (secondary N) is 1. The van der Waals surface area contributed by atoms with E-state index in [9.17, 15) is 9.59 Å². The topological polar surface area (TPSA) is 58.6 Å². The van der Waals surface area contributed by atoms with Gasteiger partial charge in [-0.25, -0.2) is 0 Å². The lowest BCUT2D eigenvalue weighted by atomic mass is 9.96. The van der Waals surface area contributed by atoms with Gasteiger partial charge >= 0.3 is 5.97 Å². The predicted molar refractivity (Wildman–Crippen MR) is 81.1 cm³/mol. The van der Waals surface area contributed by atoms with Crippen LogP contribution in [0.1, 0.15) is 37.8 Å². The molecule has 0 saturated heterocycles. The fourth-order valence-electron chi connectivity index (χ4n) is 2.57. The normalized spacial score (nSPS) is 17.5. The van der Waals surface area contributed by atoms with Crippen LogP contribution in [-0.2, 0) is 14.3 Å². The lowest BCUT2D eigenvalue weighted by Crippen LogP contribution is -2.38. The third-order valence-corrected chi connectivity index (χ3v) is 3.68. The quantitative estimate of drug-likeness (QED) is 0.643. The van der Waals surface area contributed by atoms with E-state index in [0.717, 1.165) is 11.3 Å². The summed E-state index contributed by atoms with van der Waals surface area (Å²) in [6.45, 7) is 2.91. The third-order valence-electron chi connectivity index (χ3n) is 3.68. The van der Waals surface area contributed by atoms with Crippen LogP contribution in [-0.4, -0.2) is 32.1 Å². The molecule has 21 heavy (non-hydrogen) atoms. The van der Waals surface area contributed by atoms with Crippen LogP contribution in [0.15, 0.2) is 24.3 Å². The summed E-state index contributed by atoms with van der Waals surface area (Å²) < 4.78 is 4.89. The van der Waals surface area contributed by atoms with E-state index in [4.69, 9.17) is 4.74 Å². The van der Waals surface area contributed by atoms with Crippen LogP contribution in [0.4, 0.5) is 5.69 Å². The lowest BCUT2D eigenvalue weighted by Gasteiger charge is -2.32. The Hall–Kier alpha value is -1.88. The molecule has 5 heteroatoms. The molecule has 1 heterocycles. The first-order valence-corrected chi connectivity index (χ1v) is 7.38. The van der Waals surface area contributed by atoms with Crippen molar-refractivity contribution in [3.05, 3.63) is 29.8 Å². The van der Waals surface area contributed by atoms with Gasteiger partial charge in [0.2, 0.25) is 5.91 Å². The zero-order chi connectivity index (χ0) is 15.2. The molecule has 0 radical (unpaired) electrons. The summed E-state index contributed by atoms with van der Waals surface area (Å²) in [5.41, 5.74) is 2.09. The smallest absolute Gasteiger partial charge is 0.305 e. The molecule has 1 aliphatic rings. The second kappa shape index (κ2) is 7.22. The second-order valence-electron chi connectivity index (χ2n) is 5.13. The Morgan fingerprint density at radius 1 is 1.43 bits per heavy atom. The van der Waals surface area contributed by atoms with Crippen molar-refractivity contribution in [2.75, 3.05) is 25.1 Å². The summed E-state index contributed by atoms with van der Waals surface area (Å²) >= 11 is 0. The zero-order valence-electron chi connectivity index (χ0n) is 12.6. The minimum atomic E-state index is -0.167. The van der Waals surface area contributed by atoms with Gasteiger partial charge in [0.05, 0.1) is 6.61 Å². The monoisotopic (exact) mass is 290 g/mol. The summed E-state index contributed by atoms with van der Waals surface area (Å²) in [6.07, 6.45) is 1.57. The highest BCUT2D eigenvalue weighted by atomic mass is 16.5. The molecule has 0 fully saturated rings. The second-order valence-corrected chi connectivity index (χ2v) is 5.13. The first-order valence-electron chi connectivity index (χ1n) is 7.38. The molecule has 114 valence electrons. The Morgan fingerprint density at radius 3 is 2.95 bits per heavy atom. The van der Waals surface area contributed by atoms with Crippen molar-refractivity contribution in [2.24, 2.45) is 0 Å². The lowest BCUT2D eigenvalue weighted by molar-refractivity contribution is -0.143. The van der Waals surface area contributed by atoms with Gasteiger partial charge in [0.1, 0.15) is 0 Å². The van der Waals surface area contributed by atoms with Crippen molar-refractivity contribution >= 4 is 17.6 Å². The molecule has 1 amide bonds. The Balaban J connectivity index is 1.91. The number of fused-ring (bicyclic) bond motifs is 1. The first-order chi connectivity index (χ1) is 10.1. The van der Waals surface area contributed by atoms with Crippen LogP contribution in [0.3, 0.4) is 0 Å². The number of hydrogen-bond donors (Lipinski definition) is 1. The highest BCUT2D eigenvalue weighted by Gasteiger charge is 2.28. The number of ether oxygens (including phenoxy) is 1. The predicted octanol–water partition coefficient (Wildman–Crippen LogP) is 2.03. The van der Waals surface area contributed by atoms with Gasteiger partial charge in [-0.15, -0.1) is 0 Å². The van der Waals surface area contributed by atoms with Gasteiger partial charge in [0, 0.05) is 31.6 Å². The van der Waals surface area contributed by atoms with Crippen molar-refractivity contribution in [3.63, 3.8) is 0 Å². The van der Waals surface area contributed by atoms with Crippen molar-refractivity contribution in [2.45, 2.75) is 32.2 Å². The van der Waals surface area contributed by atoms with Crippen molar-refractivity contribution < 1.29 is 14.3 Å². The van der Waals surface area contributed by atoms with Crippen molar-refractivity contribution in [3.8, 4) is 0 Å². The molecule has 1 unspecified atom stereocenters. The number of amides is 1. The summed E-state index contributed by atoms with van der Waals surface area (Å²) in [5, 5.41) is 3.37. The minimum Gasteiger partial charge on any atom is -0.466 e. The largest absolute Gasteiger partial charge is 0.466 e. The molecule has 0 aliphatic carbocycles. The molecule has 1 N–H and O–H groups in total. The maximum atomic E-state index is 12.0. The van der Waals surface area contributed by atoms with Crippen molar-refractivity contribution in [1.29, 1.82) is 0 Å². The number of rotatable bonds is 6. The maximum Gasteiger partial charge on any atom is 0.305 e. The van der Waals surface area contributed by atoms with E-state index >= 15 is 0 Å². The van der Waals surface area contributed by atoms with Crippen LogP contribution in [0.5, 0.6) is 0 Å². The Morgan fingerprint density at radius 2 is 2.19 bits per heavy atom. The third kappa shape index (κ3) is 3.82. The Bertz CT molecular complexity index is 516. The average Bonchev–Trinajstić information content (AvgIpc) is 2.49.